The van der Waals surface area contributed by atoms with Crippen molar-refractivity contribution in [3.63, 3.8) is 0 Å². The predicted molar refractivity (Wildman–Crippen MR) is 98.7 cm³/mol. The maximum Gasteiger partial charge on any atom is 0.265 e. The van der Waals surface area contributed by atoms with E-state index in [2.05, 4.69) is 17.1 Å². The number of para-hydroxylation sites is 1. The van der Waals surface area contributed by atoms with Gasteiger partial charge in [0, 0.05) is 12.6 Å². The molecule has 25 heavy (non-hydrogen) atoms. The molecule has 1 amide bonds. The zero-order valence-electron chi connectivity index (χ0n) is 14.3. The molecule has 1 aliphatic rings. The van der Waals surface area contributed by atoms with Gasteiger partial charge in [-0.2, -0.15) is 0 Å². The smallest absolute Gasteiger partial charge is 0.265 e. The Morgan fingerprint density at radius 1 is 1.28 bits per heavy atom. The van der Waals surface area contributed by atoms with E-state index >= 15 is 0 Å². The van der Waals surface area contributed by atoms with E-state index in [9.17, 15) is 4.79 Å². The van der Waals surface area contributed by atoms with Crippen LogP contribution in [-0.4, -0.2) is 33.5 Å². The van der Waals surface area contributed by atoms with E-state index in [-0.39, 0.29) is 5.91 Å². The van der Waals surface area contributed by atoms with Crippen molar-refractivity contribution in [3.8, 4) is 10.7 Å². The van der Waals surface area contributed by atoms with Crippen molar-refractivity contribution in [2.45, 2.75) is 45.1 Å². The number of amides is 1. The molecule has 1 aliphatic carbocycles. The van der Waals surface area contributed by atoms with Crippen LogP contribution in [0.1, 0.15) is 48.7 Å². The Hall–Kier alpha value is -2.21. The molecular weight excluding hydrogens is 334 g/mol. The summed E-state index contributed by atoms with van der Waals surface area (Å²) in [6.45, 7) is 2.79. The van der Waals surface area contributed by atoms with Crippen molar-refractivity contribution in [2.24, 2.45) is 0 Å². The second-order valence-electron chi connectivity index (χ2n) is 6.44. The van der Waals surface area contributed by atoms with E-state index in [1.54, 1.807) is 6.20 Å². The topological polar surface area (TPSA) is 59.2 Å². The highest BCUT2D eigenvalue weighted by molar-refractivity contribution is 7.17. The molecule has 0 spiro atoms. The lowest BCUT2D eigenvalue weighted by atomic mass is 9.94. The number of thiazole rings is 1. The summed E-state index contributed by atoms with van der Waals surface area (Å²) < 4.78 is 5.36. The first kappa shape index (κ1) is 16.3. The minimum absolute atomic E-state index is 0.0888. The van der Waals surface area contributed by atoms with Crippen LogP contribution in [0.25, 0.3) is 21.7 Å². The number of rotatable bonds is 4. The highest BCUT2D eigenvalue weighted by Gasteiger charge is 2.27. The summed E-state index contributed by atoms with van der Waals surface area (Å²) in [6, 6.07) is 8.07. The fraction of sp³-hybridized carbons (Fsp3) is 0.421. The molecule has 0 saturated heterocycles. The van der Waals surface area contributed by atoms with Gasteiger partial charge < -0.3 is 9.42 Å². The normalized spacial score (nSPS) is 15.6. The van der Waals surface area contributed by atoms with Gasteiger partial charge in [0.1, 0.15) is 15.6 Å². The summed E-state index contributed by atoms with van der Waals surface area (Å²) in [6.07, 6.45) is 7.61. The molecule has 1 aromatic carbocycles. The molecule has 4 rings (SSSR count). The van der Waals surface area contributed by atoms with Crippen LogP contribution >= 0.6 is 11.3 Å². The number of fused-ring (bicyclic) bond motifs is 1. The van der Waals surface area contributed by atoms with Gasteiger partial charge in [-0.05, 0) is 31.9 Å². The van der Waals surface area contributed by atoms with Gasteiger partial charge in [-0.1, -0.05) is 36.6 Å². The van der Waals surface area contributed by atoms with Crippen LogP contribution < -0.4 is 0 Å². The Morgan fingerprint density at radius 3 is 2.88 bits per heavy atom. The van der Waals surface area contributed by atoms with Crippen molar-refractivity contribution in [1.29, 1.82) is 0 Å². The highest BCUT2D eigenvalue weighted by Crippen LogP contribution is 2.32. The maximum atomic E-state index is 13.0. The molecule has 5 nitrogen and oxygen atoms in total. The van der Waals surface area contributed by atoms with Crippen LogP contribution in [0.5, 0.6) is 0 Å². The summed E-state index contributed by atoms with van der Waals surface area (Å²) >= 11 is 1.40. The van der Waals surface area contributed by atoms with Crippen molar-refractivity contribution in [1.82, 2.24) is 15.0 Å². The monoisotopic (exact) mass is 355 g/mol. The molecule has 0 bridgehead atoms. The van der Waals surface area contributed by atoms with Crippen LogP contribution in [0, 0.1) is 0 Å². The van der Waals surface area contributed by atoms with Crippen LogP contribution in [-0.2, 0) is 0 Å². The molecule has 1 saturated carbocycles. The molecular formula is C19H21N3O2S. The highest BCUT2D eigenvalue weighted by atomic mass is 32.1. The average Bonchev–Trinajstić information content (AvgIpc) is 3.30. The van der Waals surface area contributed by atoms with Gasteiger partial charge in [-0.15, -0.1) is 11.3 Å². The third-order valence-corrected chi connectivity index (χ3v) is 5.91. The van der Waals surface area contributed by atoms with Gasteiger partial charge >= 0.3 is 0 Å². The summed E-state index contributed by atoms with van der Waals surface area (Å²) in [5.41, 5.74) is 1.44. The van der Waals surface area contributed by atoms with Crippen LogP contribution in [0.2, 0.25) is 0 Å². The first-order valence-corrected chi connectivity index (χ1v) is 9.71. The number of carbonyl (C=O) groups excluding carboxylic acids is 1. The third-order valence-electron chi connectivity index (χ3n) is 4.91. The van der Waals surface area contributed by atoms with E-state index in [0.29, 0.717) is 16.6 Å². The number of aromatic nitrogens is 2. The molecule has 130 valence electrons. The zero-order chi connectivity index (χ0) is 17.2. The molecule has 0 N–H and O–H groups in total. The largest absolute Gasteiger partial charge is 0.356 e. The van der Waals surface area contributed by atoms with E-state index in [1.165, 1.54) is 30.6 Å². The second-order valence-corrected chi connectivity index (χ2v) is 7.47. The molecule has 1 fully saturated rings. The minimum atomic E-state index is 0.0888. The zero-order valence-corrected chi connectivity index (χ0v) is 15.1. The van der Waals surface area contributed by atoms with Gasteiger partial charge in [0.2, 0.25) is 0 Å². The van der Waals surface area contributed by atoms with Crippen molar-refractivity contribution < 1.29 is 9.32 Å². The average molecular weight is 355 g/mol. The molecule has 0 radical (unpaired) electrons. The lowest BCUT2D eigenvalue weighted by Gasteiger charge is -2.33. The molecule has 0 unspecified atom stereocenters. The molecule has 6 heteroatoms. The SMILES string of the molecule is CCN(C(=O)c1cnc(-c2noc3ccccc23)s1)C1CCCCC1. The van der Waals surface area contributed by atoms with Crippen LogP contribution in [0.3, 0.4) is 0 Å². The lowest BCUT2D eigenvalue weighted by molar-refractivity contribution is 0.0652. The standard InChI is InChI=1S/C19H21N3O2S/c1-2-22(13-8-4-3-5-9-13)19(23)16-12-20-18(25-16)17-14-10-6-7-11-15(14)24-21-17/h6-7,10-13H,2-5,8-9H2,1H3. The Balaban J connectivity index is 1.60. The number of carbonyl (C=O) groups is 1. The molecule has 2 aromatic heterocycles. The Morgan fingerprint density at radius 2 is 2.08 bits per heavy atom. The van der Waals surface area contributed by atoms with E-state index in [1.807, 2.05) is 29.2 Å². The minimum Gasteiger partial charge on any atom is -0.356 e. The lowest BCUT2D eigenvalue weighted by Crippen LogP contribution is -2.41. The number of benzene rings is 1. The van der Waals surface area contributed by atoms with Gasteiger partial charge in [-0.25, -0.2) is 4.98 Å². The summed E-state index contributed by atoms with van der Waals surface area (Å²) in [4.78, 5) is 20.1. The summed E-state index contributed by atoms with van der Waals surface area (Å²) in [5, 5.41) is 5.80. The third kappa shape index (κ3) is 3.06. The van der Waals surface area contributed by atoms with Crippen molar-refractivity contribution in [2.75, 3.05) is 6.54 Å². The number of nitrogens with zero attached hydrogens (tertiary/aromatic N) is 3. The van der Waals surface area contributed by atoms with Gasteiger partial charge in [0.25, 0.3) is 5.91 Å². The van der Waals surface area contributed by atoms with Gasteiger partial charge in [0.05, 0.1) is 11.6 Å². The maximum absolute atomic E-state index is 13.0. The van der Waals surface area contributed by atoms with Crippen molar-refractivity contribution in [3.05, 3.63) is 35.3 Å². The van der Waals surface area contributed by atoms with E-state index in [4.69, 9.17) is 4.52 Å². The summed E-state index contributed by atoms with van der Waals surface area (Å²) in [7, 11) is 0. The molecule has 2 heterocycles. The van der Waals surface area contributed by atoms with E-state index in [0.717, 1.165) is 35.4 Å². The van der Waals surface area contributed by atoms with Gasteiger partial charge in [0.15, 0.2) is 5.58 Å². The Bertz CT molecular complexity index is 880. The Kier molecular flexibility index (Phi) is 4.53. The summed E-state index contributed by atoms with van der Waals surface area (Å²) in [5.74, 6) is 0.0888. The molecule has 0 atom stereocenters. The van der Waals surface area contributed by atoms with Crippen LogP contribution in [0.15, 0.2) is 35.0 Å². The quantitative estimate of drug-likeness (QED) is 0.678. The first-order valence-electron chi connectivity index (χ1n) is 8.89. The first-order chi connectivity index (χ1) is 12.3. The van der Waals surface area contributed by atoms with E-state index < -0.39 is 0 Å². The molecule has 3 aromatic rings. The molecule has 0 aliphatic heterocycles. The van der Waals surface area contributed by atoms with Gasteiger partial charge in [-0.3, -0.25) is 4.79 Å². The second kappa shape index (κ2) is 6.96. The fourth-order valence-corrected chi connectivity index (χ4v) is 4.49. The Labute approximate surface area is 150 Å². The van der Waals surface area contributed by atoms with Crippen molar-refractivity contribution >= 4 is 28.2 Å². The number of hydrogen-bond acceptors (Lipinski definition) is 5. The van der Waals surface area contributed by atoms with Crippen LogP contribution in [0.4, 0.5) is 0 Å². The fourth-order valence-electron chi connectivity index (χ4n) is 3.62. The predicted octanol–water partition coefficient (Wildman–Crippen LogP) is 4.75. The number of hydrogen-bond donors (Lipinski definition) is 0.